The van der Waals surface area contributed by atoms with Gasteiger partial charge in [-0.25, -0.2) is 4.79 Å². The maximum Gasteiger partial charge on any atom is 0.332 e. The average Bonchev–Trinajstić information content (AvgIpc) is 2.92. The van der Waals surface area contributed by atoms with E-state index in [-0.39, 0.29) is 29.6 Å². The van der Waals surface area contributed by atoms with Crippen molar-refractivity contribution in [2.45, 2.75) is 45.5 Å². The molecule has 21 heavy (non-hydrogen) atoms. The van der Waals surface area contributed by atoms with Crippen molar-refractivity contribution in [3.8, 4) is 0 Å². The standard InChI is InChI=1S/C15H23N3O3/c1-10-9-16(3)13-12(10)14(20)18(15(21)17(13)4)8-6-5-7-11(2)19/h9,11,19H,5-8H2,1-4H3/i1D3,2D3,7D2,11D. The molecule has 0 aliphatic carbocycles. The Hall–Kier alpha value is -1.82. The first-order valence-corrected chi connectivity index (χ1v) is 6.36. The van der Waals surface area contributed by atoms with Crippen molar-refractivity contribution in [2.24, 2.45) is 14.1 Å². The van der Waals surface area contributed by atoms with E-state index in [0.717, 1.165) is 9.13 Å². The average molecular weight is 302 g/mol. The molecule has 2 aromatic heterocycles. The molecule has 0 bridgehead atoms. The molecule has 6 nitrogen and oxygen atoms in total. The summed E-state index contributed by atoms with van der Waals surface area (Å²) in [5, 5.41) is 9.66. The molecule has 0 fully saturated rings. The molecular weight excluding hydrogens is 270 g/mol. The Kier molecular flexibility index (Phi) is 2.09. The van der Waals surface area contributed by atoms with Gasteiger partial charge in [-0.2, -0.15) is 0 Å². The van der Waals surface area contributed by atoms with Gasteiger partial charge in [-0.3, -0.25) is 13.9 Å². The molecule has 0 amide bonds. The van der Waals surface area contributed by atoms with Gasteiger partial charge < -0.3 is 9.67 Å². The van der Waals surface area contributed by atoms with Crippen LogP contribution in [0.5, 0.6) is 0 Å². The number of rotatable bonds is 5. The van der Waals surface area contributed by atoms with Crippen LogP contribution in [-0.2, 0) is 20.6 Å². The summed E-state index contributed by atoms with van der Waals surface area (Å²) in [5.74, 6) is 0. The molecule has 2 heterocycles. The highest BCUT2D eigenvalue weighted by Crippen LogP contribution is 2.14. The molecule has 0 saturated heterocycles. The predicted octanol–water partition coefficient (Wildman–Crippen LogP) is 0.898. The van der Waals surface area contributed by atoms with Crippen LogP contribution in [0.4, 0.5) is 0 Å². The van der Waals surface area contributed by atoms with Gasteiger partial charge >= 0.3 is 5.69 Å². The van der Waals surface area contributed by atoms with E-state index in [2.05, 4.69) is 0 Å². The Morgan fingerprint density at radius 2 is 2.19 bits per heavy atom. The molecule has 2 aromatic rings. The van der Waals surface area contributed by atoms with E-state index in [1.807, 2.05) is 0 Å². The number of hydrogen-bond acceptors (Lipinski definition) is 3. The first-order valence-electron chi connectivity index (χ1n) is 10.9. The van der Waals surface area contributed by atoms with Crippen LogP contribution < -0.4 is 11.2 Å². The largest absolute Gasteiger partial charge is 0.393 e. The van der Waals surface area contributed by atoms with Gasteiger partial charge in [0.1, 0.15) is 5.65 Å². The van der Waals surface area contributed by atoms with Crippen molar-refractivity contribution < 1.29 is 17.4 Å². The maximum absolute atomic E-state index is 12.9. The lowest BCUT2D eigenvalue weighted by atomic mass is 10.2. The number of nitrogens with zero attached hydrogens (tertiary/aromatic N) is 3. The Morgan fingerprint density at radius 3 is 2.86 bits per heavy atom. The summed E-state index contributed by atoms with van der Waals surface area (Å²) < 4.78 is 70.6. The molecule has 0 aromatic carbocycles. The lowest BCUT2D eigenvalue weighted by molar-refractivity contribution is 0.180. The lowest BCUT2D eigenvalue weighted by Gasteiger charge is -2.10. The molecule has 6 heteroatoms. The molecule has 0 saturated carbocycles. The highest BCUT2D eigenvalue weighted by atomic mass is 16.3. The van der Waals surface area contributed by atoms with E-state index in [1.165, 1.54) is 24.9 Å². The summed E-state index contributed by atoms with van der Waals surface area (Å²) in [4.78, 5) is 25.5. The van der Waals surface area contributed by atoms with Crippen LogP contribution in [0.2, 0.25) is 0 Å². The zero-order valence-corrected chi connectivity index (χ0v) is 11.8. The fourth-order valence-electron chi connectivity index (χ4n) is 2.37. The second kappa shape index (κ2) is 5.89. The molecule has 2 rings (SSSR count). The minimum atomic E-state index is -3.38. The minimum absolute atomic E-state index is 0.116. The third-order valence-corrected chi connectivity index (χ3v) is 3.30. The number of aryl methyl sites for hydroxylation is 3. The topological polar surface area (TPSA) is 69.2 Å². The monoisotopic (exact) mass is 302 g/mol. The fourth-order valence-corrected chi connectivity index (χ4v) is 2.37. The van der Waals surface area contributed by atoms with E-state index < -0.39 is 43.8 Å². The number of aliphatic hydroxyl groups is 1. The van der Waals surface area contributed by atoms with Crippen molar-refractivity contribution in [3.05, 3.63) is 32.6 Å². The molecule has 0 radical (unpaired) electrons. The summed E-state index contributed by atoms with van der Waals surface area (Å²) in [5.41, 5.74) is -1.74. The Bertz CT molecular complexity index is 1070. The highest BCUT2D eigenvalue weighted by molar-refractivity contribution is 5.79. The first-order chi connectivity index (χ1) is 13.3. The van der Waals surface area contributed by atoms with Gasteiger partial charge in [0.25, 0.3) is 5.56 Å². The highest BCUT2D eigenvalue weighted by Gasteiger charge is 2.15. The molecule has 0 aliphatic rings. The van der Waals surface area contributed by atoms with Gasteiger partial charge in [0.2, 0.25) is 0 Å². The van der Waals surface area contributed by atoms with E-state index in [1.54, 1.807) is 0 Å². The van der Waals surface area contributed by atoms with Crippen molar-refractivity contribution in [1.29, 1.82) is 0 Å². The molecule has 1 atom stereocenters. The van der Waals surface area contributed by atoms with Crippen LogP contribution in [-0.4, -0.2) is 24.9 Å². The first kappa shape index (κ1) is 7.45. The van der Waals surface area contributed by atoms with Gasteiger partial charge in [0, 0.05) is 37.8 Å². The Balaban J connectivity index is 2.48. The van der Waals surface area contributed by atoms with Gasteiger partial charge in [0.15, 0.2) is 0 Å². The van der Waals surface area contributed by atoms with Gasteiger partial charge in [0.05, 0.1) is 12.8 Å². The van der Waals surface area contributed by atoms with E-state index in [0.29, 0.717) is 0 Å². The number of fused-ring (bicyclic) bond motifs is 1. The second-order valence-electron chi connectivity index (χ2n) is 4.78. The van der Waals surface area contributed by atoms with Crippen molar-refractivity contribution >= 4 is 11.0 Å². The summed E-state index contributed by atoms with van der Waals surface area (Å²) in [6, 6.07) is 0. The van der Waals surface area contributed by atoms with E-state index in [4.69, 9.17) is 12.3 Å². The smallest absolute Gasteiger partial charge is 0.332 e. The van der Waals surface area contributed by atoms with Crippen LogP contribution in [0.15, 0.2) is 15.8 Å². The van der Waals surface area contributed by atoms with Crippen LogP contribution in [0.25, 0.3) is 11.0 Å². The third kappa shape index (κ3) is 2.81. The van der Waals surface area contributed by atoms with Gasteiger partial charge in [-0.1, -0.05) is 0 Å². The predicted molar refractivity (Wildman–Crippen MR) is 82.7 cm³/mol. The molecular formula is C15H23N3O3. The second-order valence-corrected chi connectivity index (χ2v) is 4.78. The summed E-state index contributed by atoms with van der Waals surface area (Å²) in [6.45, 7) is -6.26. The Labute approximate surface area is 135 Å². The van der Waals surface area contributed by atoms with E-state index in [9.17, 15) is 14.7 Å². The molecule has 116 valence electrons. The van der Waals surface area contributed by atoms with Crippen LogP contribution in [0.1, 0.15) is 44.0 Å². The zero-order valence-electron chi connectivity index (χ0n) is 20.8. The summed E-state index contributed by atoms with van der Waals surface area (Å²) in [6.07, 6.45) is -5.86. The van der Waals surface area contributed by atoms with Gasteiger partial charge in [-0.15, -0.1) is 0 Å². The SMILES string of the molecule is [2H]C([2H])([2H])c1cn(C)c2c1c(=O)n(CCCC([2H])([2H])C([2H])(O)C([2H])([2H])[2H])c(=O)n2C. The lowest BCUT2D eigenvalue weighted by Crippen LogP contribution is -2.39. The molecule has 0 aliphatic heterocycles. The van der Waals surface area contributed by atoms with Crippen LogP contribution in [0.3, 0.4) is 0 Å². The molecule has 1 N–H and O–H groups in total. The quantitative estimate of drug-likeness (QED) is 0.892. The maximum atomic E-state index is 12.9. The van der Waals surface area contributed by atoms with Crippen LogP contribution >= 0.6 is 0 Å². The summed E-state index contributed by atoms with van der Waals surface area (Å²) >= 11 is 0. The number of aromatic nitrogens is 3. The van der Waals surface area contributed by atoms with Crippen molar-refractivity contribution in [3.63, 3.8) is 0 Å². The molecule has 1 unspecified atom stereocenters. The van der Waals surface area contributed by atoms with Crippen molar-refractivity contribution in [2.75, 3.05) is 0 Å². The molecule has 0 spiro atoms. The minimum Gasteiger partial charge on any atom is -0.393 e. The third-order valence-electron chi connectivity index (χ3n) is 3.30. The van der Waals surface area contributed by atoms with Crippen LogP contribution in [0, 0.1) is 6.85 Å². The zero-order chi connectivity index (χ0) is 23.4. The fraction of sp³-hybridized carbons (Fsp3) is 0.600. The van der Waals surface area contributed by atoms with Crippen molar-refractivity contribution in [1.82, 2.24) is 13.7 Å². The Morgan fingerprint density at radius 1 is 1.43 bits per heavy atom. The normalized spacial score (nSPS) is 22.7. The number of hydrogen-bond donors (Lipinski definition) is 1. The van der Waals surface area contributed by atoms with Gasteiger partial charge in [-0.05, 0) is 38.5 Å². The summed E-state index contributed by atoms with van der Waals surface area (Å²) in [7, 11) is 2.86. The van der Waals surface area contributed by atoms with E-state index >= 15 is 0 Å².